The largest absolute Gasteiger partial charge is 0.390 e. The Labute approximate surface area is 252 Å². The van der Waals surface area contributed by atoms with Crippen molar-refractivity contribution in [3.63, 3.8) is 0 Å². The van der Waals surface area contributed by atoms with Gasteiger partial charge in [0.2, 0.25) is 0 Å². The van der Waals surface area contributed by atoms with Crippen molar-refractivity contribution >= 4 is 40.0 Å². The molecule has 0 spiro atoms. The highest BCUT2D eigenvalue weighted by atomic mass is 16.3. The van der Waals surface area contributed by atoms with E-state index in [0.717, 1.165) is 55.0 Å². The first kappa shape index (κ1) is 30.2. The lowest BCUT2D eigenvalue weighted by atomic mass is 10.0. The first-order valence-corrected chi connectivity index (χ1v) is 14.7. The number of likely N-dealkylation sites (N-methyl/N-ethyl adjacent to an activating group) is 1. The van der Waals surface area contributed by atoms with Crippen LogP contribution in [0.1, 0.15) is 36.2 Å². The third-order valence-electron chi connectivity index (χ3n) is 7.88. The van der Waals surface area contributed by atoms with Crippen molar-refractivity contribution in [1.29, 1.82) is 0 Å². The molecular formula is C33H41N7O3. The van der Waals surface area contributed by atoms with Gasteiger partial charge in [0.05, 0.1) is 11.1 Å². The molecule has 2 aromatic heterocycles. The highest BCUT2D eigenvalue weighted by Gasteiger charge is 2.19. The number of hydrogen-bond acceptors (Lipinski definition) is 7. The maximum atomic E-state index is 13.1. The molecule has 1 fully saturated rings. The van der Waals surface area contributed by atoms with E-state index in [1.165, 1.54) is 5.56 Å². The SMILES string of the molecule is CNC(=O)n1ccc2cc(N(CCC(C)(C)O)c3ccnc(NC(=O)c4ccc(CN5CCN(C)CC5)cc4)c3)ccc21. The Bertz CT molecular complexity index is 1570. The van der Waals surface area contributed by atoms with Crippen LogP contribution >= 0.6 is 0 Å². The minimum atomic E-state index is -0.870. The molecule has 10 heteroatoms. The Morgan fingerprint density at radius 1 is 0.977 bits per heavy atom. The fourth-order valence-corrected chi connectivity index (χ4v) is 5.26. The van der Waals surface area contributed by atoms with Gasteiger partial charge in [-0.25, -0.2) is 9.78 Å². The average molecular weight is 584 g/mol. The minimum absolute atomic E-state index is 0.208. The molecule has 2 amide bonds. The normalized spacial score (nSPS) is 14.5. The van der Waals surface area contributed by atoms with Crippen molar-refractivity contribution in [3.05, 3.63) is 84.2 Å². The second kappa shape index (κ2) is 12.9. The summed E-state index contributed by atoms with van der Waals surface area (Å²) >= 11 is 0. The number of nitrogens with one attached hydrogen (secondary N) is 2. The van der Waals surface area contributed by atoms with E-state index in [2.05, 4.69) is 37.4 Å². The quantitative estimate of drug-likeness (QED) is 0.266. The standard InChI is InChI=1S/C33H41N7O3/c1-33(2,43)13-16-39(27-9-10-29-26(21-27)12-15-40(29)32(42)34-3)28-11-14-35-30(22-28)36-31(41)25-7-5-24(6-8-25)23-38-19-17-37(4)18-20-38/h5-12,14-15,21-22,43H,13,16-20,23H2,1-4H3,(H,34,42)(H,35,36,41). The van der Waals surface area contributed by atoms with E-state index in [4.69, 9.17) is 0 Å². The predicted molar refractivity (Wildman–Crippen MR) is 171 cm³/mol. The second-order valence-corrected chi connectivity index (χ2v) is 11.8. The van der Waals surface area contributed by atoms with Gasteiger partial charge >= 0.3 is 6.03 Å². The van der Waals surface area contributed by atoms with E-state index < -0.39 is 5.60 Å². The lowest BCUT2D eigenvalue weighted by Crippen LogP contribution is -2.43. The Morgan fingerprint density at radius 3 is 2.40 bits per heavy atom. The van der Waals surface area contributed by atoms with E-state index in [0.29, 0.717) is 24.3 Å². The molecule has 0 atom stereocenters. The predicted octanol–water partition coefficient (Wildman–Crippen LogP) is 4.52. The molecule has 10 nitrogen and oxygen atoms in total. The zero-order valence-electron chi connectivity index (χ0n) is 25.4. The number of carbonyl (C=O) groups is 2. The van der Waals surface area contributed by atoms with Crippen molar-refractivity contribution in [2.24, 2.45) is 0 Å². The molecule has 0 radical (unpaired) electrons. The molecule has 0 saturated carbocycles. The van der Waals surface area contributed by atoms with E-state index in [1.807, 2.05) is 60.7 Å². The maximum Gasteiger partial charge on any atom is 0.325 e. The number of hydrogen-bond donors (Lipinski definition) is 3. The van der Waals surface area contributed by atoms with E-state index in [9.17, 15) is 14.7 Å². The smallest absolute Gasteiger partial charge is 0.325 e. The molecule has 1 aliphatic rings. The van der Waals surface area contributed by atoms with Crippen molar-refractivity contribution in [3.8, 4) is 0 Å². The number of carbonyl (C=O) groups excluding carboxylic acids is 2. The second-order valence-electron chi connectivity index (χ2n) is 11.8. The highest BCUT2D eigenvalue weighted by molar-refractivity contribution is 6.04. The van der Waals surface area contributed by atoms with Gasteiger partial charge in [0.15, 0.2) is 0 Å². The first-order chi connectivity index (χ1) is 20.6. The number of rotatable bonds is 9. The maximum absolute atomic E-state index is 13.1. The number of pyridine rings is 1. The molecule has 0 unspecified atom stereocenters. The summed E-state index contributed by atoms with van der Waals surface area (Å²) in [6, 6.07) is 19.0. The molecule has 226 valence electrons. The summed E-state index contributed by atoms with van der Waals surface area (Å²) in [4.78, 5) is 36.6. The Morgan fingerprint density at radius 2 is 1.70 bits per heavy atom. The van der Waals surface area contributed by atoms with E-state index in [1.54, 1.807) is 37.9 Å². The van der Waals surface area contributed by atoms with Crippen LogP contribution in [0.25, 0.3) is 10.9 Å². The lowest BCUT2D eigenvalue weighted by Gasteiger charge is -2.32. The molecule has 5 rings (SSSR count). The molecule has 0 bridgehead atoms. The van der Waals surface area contributed by atoms with Crippen LogP contribution in [0.5, 0.6) is 0 Å². The number of fused-ring (bicyclic) bond motifs is 1. The topological polar surface area (TPSA) is 106 Å². The number of aliphatic hydroxyl groups is 1. The van der Waals surface area contributed by atoms with Gasteiger partial charge in [-0.05, 0) is 75.3 Å². The van der Waals surface area contributed by atoms with E-state index >= 15 is 0 Å². The summed E-state index contributed by atoms with van der Waals surface area (Å²) < 4.78 is 1.57. The van der Waals surface area contributed by atoms with Crippen molar-refractivity contribution in [1.82, 2.24) is 24.7 Å². The van der Waals surface area contributed by atoms with Gasteiger partial charge in [-0.15, -0.1) is 0 Å². The third kappa shape index (κ3) is 7.59. The van der Waals surface area contributed by atoms with Crippen molar-refractivity contribution in [2.45, 2.75) is 32.4 Å². The molecule has 43 heavy (non-hydrogen) atoms. The summed E-state index contributed by atoms with van der Waals surface area (Å²) in [5.74, 6) is 0.208. The highest BCUT2D eigenvalue weighted by Crippen LogP contribution is 2.31. The fraction of sp³-hybridized carbons (Fsp3) is 0.364. The van der Waals surface area contributed by atoms with Gasteiger partial charge in [-0.1, -0.05) is 12.1 Å². The first-order valence-electron chi connectivity index (χ1n) is 14.7. The number of nitrogens with zero attached hydrogens (tertiary/aromatic N) is 5. The number of piperazine rings is 1. The van der Waals surface area contributed by atoms with Crippen LogP contribution in [-0.2, 0) is 6.54 Å². The number of aromatic nitrogens is 2. The number of anilines is 3. The zero-order chi connectivity index (χ0) is 30.6. The number of benzene rings is 2. The van der Waals surface area contributed by atoms with Gasteiger partial charge in [-0.3, -0.25) is 14.3 Å². The molecule has 4 aromatic rings. The molecule has 3 N–H and O–H groups in total. The Kier molecular flexibility index (Phi) is 9.10. The van der Waals surface area contributed by atoms with Gasteiger partial charge in [0.1, 0.15) is 5.82 Å². The summed E-state index contributed by atoms with van der Waals surface area (Å²) in [7, 11) is 3.75. The molecule has 2 aromatic carbocycles. The van der Waals surface area contributed by atoms with Crippen LogP contribution in [0.15, 0.2) is 73.1 Å². The van der Waals surface area contributed by atoms with E-state index in [-0.39, 0.29) is 11.9 Å². The molecule has 3 heterocycles. The van der Waals surface area contributed by atoms with Crippen LogP contribution in [0.4, 0.5) is 22.0 Å². The molecular weight excluding hydrogens is 542 g/mol. The number of amides is 2. The molecule has 0 aliphatic carbocycles. The lowest BCUT2D eigenvalue weighted by molar-refractivity contribution is 0.0737. The van der Waals surface area contributed by atoms with Crippen LogP contribution in [0.3, 0.4) is 0 Å². The van der Waals surface area contributed by atoms with Crippen LogP contribution in [-0.4, -0.2) is 88.8 Å². The Balaban J connectivity index is 1.33. The summed E-state index contributed by atoms with van der Waals surface area (Å²) in [6.45, 7) is 9.20. The third-order valence-corrected chi connectivity index (χ3v) is 7.88. The monoisotopic (exact) mass is 583 g/mol. The van der Waals surface area contributed by atoms with Gasteiger partial charge < -0.3 is 25.5 Å². The fourth-order valence-electron chi connectivity index (χ4n) is 5.26. The summed E-state index contributed by atoms with van der Waals surface area (Å²) in [5, 5.41) is 17.0. The van der Waals surface area contributed by atoms with Crippen LogP contribution in [0, 0.1) is 0 Å². The summed E-state index contributed by atoms with van der Waals surface area (Å²) in [6.07, 6.45) is 3.92. The van der Waals surface area contributed by atoms with Gasteiger partial charge in [-0.2, -0.15) is 0 Å². The van der Waals surface area contributed by atoms with Gasteiger partial charge in [0, 0.05) is 87.1 Å². The minimum Gasteiger partial charge on any atom is -0.390 e. The zero-order valence-corrected chi connectivity index (χ0v) is 25.4. The average Bonchev–Trinajstić information content (AvgIpc) is 3.41. The summed E-state index contributed by atoms with van der Waals surface area (Å²) in [5.41, 5.74) is 3.40. The van der Waals surface area contributed by atoms with Crippen molar-refractivity contribution < 1.29 is 14.7 Å². The van der Waals surface area contributed by atoms with Crippen molar-refractivity contribution in [2.75, 3.05) is 57.0 Å². The van der Waals surface area contributed by atoms with Gasteiger partial charge in [0.25, 0.3) is 5.91 Å². The Hall–Kier alpha value is -4.25. The van der Waals surface area contributed by atoms with Crippen LogP contribution < -0.4 is 15.5 Å². The molecule has 1 aliphatic heterocycles. The van der Waals surface area contributed by atoms with Crippen LogP contribution in [0.2, 0.25) is 0 Å². The molecule has 1 saturated heterocycles.